The van der Waals surface area contributed by atoms with Gasteiger partial charge in [0.2, 0.25) is 0 Å². The summed E-state index contributed by atoms with van der Waals surface area (Å²) in [5.41, 5.74) is 1.42. The SMILES string of the molecule is N#CC(=Cc1ccc(Br)s1)c1ccc(C(=O)O)cc1. The number of carbonyl (C=O) groups is 1. The van der Waals surface area contributed by atoms with E-state index in [1.54, 1.807) is 18.2 Å². The predicted molar refractivity (Wildman–Crippen MR) is 78.9 cm³/mol. The lowest BCUT2D eigenvalue weighted by Crippen LogP contribution is -1.95. The molecule has 0 atom stereocenters. The molecule has 19 heavy (non-hydrogen) atoms. The van der Waals surface area contributed by atoms with Crippen LogP contribution in [0, 0.1) is 11.3 Å². The zero-order valence-electron chi connectivity index (χ0n) is 9.63. The van der Waals surface area contributed by atoms with Crippen molar-refractivity contribution in [2.45, 2.75) is 0 Å². The zero-order valence-corrected chi connectivity index (χ0v) is 12.0. The Morgan fingerprint density at radius 2 is 1.84 bits per heavy atom. The van der Waals surface area contributed by atoms with Crippen LogP contribution in [0.2, 0.25) is 0 Å². The van der Waals surface area contributed by atoms with E-state index in [9.17, 15) is 10.1 Å². The van der Waals surface area contributed by atoms with Gasteiger partial charge < -0.3 is 5.11 Å². The minimum Gasteiger partial charge on any atom is -0.478 e. The number of carboxylic acid groups (broad SMARTS) is 1. The van der Waals surface area contributed by atoms with E-state index < -0.39 is 5.97 Å². The fraction of sp³-hybridized carbons (Fsp3) is 0. The van der Waals surface area contributed by atoms with Crippen molar-refractivity contribution in [1.82, 2.24) is 0 Å². The van der Waals surface area contributed by atoms with E-state index in [0.717, 1.165) is 8.66 Å². The Labute approximate surface area is 122 Å². The van der Waals surface area contributed by atoms with Gasteiger partial charge in [0.15, 0.2) is 0 Å². The minimum atomic E-state index is -0.976. The quantitative estimate of drug-likeness (QED) is 0.853. The molecule has 0 saturated carbocycles. The normalized spacial score (nSPS) is 11.1. The molecule has 1 N–H and O–H groups in total. The van der Waals surface area contributed by atoms with Gasteiger partial charge >= 0.3 is 5.97 Å². The van der Waals surface area contributed by atoms with E-state index in [2.05, 4.69) is 22.0 Å². The first-order valence-electron chi connectivity index (χ1n) is 5.31. The molecule has 2 rings (SSSR count). The third-order valence-corrected chi connectivity index (χ3v) is 4.01. The van der Waals surface area contributed by atoms with Crippen LogP contribution in [0.25, 0.3) is 11.6 Å². The van der Waals surface area contributed by atoms with Gasteiger partial charge in [-0.3, -0.25) is 0 Å². The van der Waals surface area contributed by atoms with E-state index in [1.165, 1.54) is 23.5 Å². The van der Waals surface area contributed by atoms with Gasteiger partial charge in [-0.2, -0.15) is 5.26 Å². The number of allylic oxidation sites excluding steroid dienone is 1. The second-order valence-electron chi connectivity index (χ2n) is 3.69. The van der Waals surface area contributed by atoms with Crippen LogP contribution in [0.15, 0.2) is 40.2 Å². The molecule has 1 aromatic heterocycles. The highest BCUT2D eigenvalue weighted by molar-refractivity contribution is 9.11. The Kier molecular flexibility index (Phi) is 4.15. The summed E-state index contributed by atoms with van der Waals surface area (Å²) in [5.74, 6) is -0.976. The van der Waals surface area contributed by atoms with E-state index in [0.29, 0.717) is 11.1 Å². The minimum absolute atomic E-state index is 0.208. The van der Waals surface area contributed by atoms with E-state index in [1.807, 2.05) is 12.1 Å². The highest BCUT2D eigenvalue weighted by atomic mass is 79.9. The third kappa shape index (κ3) is 3.31. The highest BCUT2D eigenvalue weighted by Crippen LogP contribution is 2.26. The van der Waals surface area contributed by atoms with Crippen molar-refractivity contribution in [3.63, 3.8) is 0 Å². The summed E-state index contributed by atoms with van der Waals surface area (Å²) < 4.78 is 0.997. The Bertz CT molecular complexity index is 680. The largest absolute Gasteiger partial charge is 0.478 e. The number of nitrogens with zero attached hydrogens (tertiary/aromatic N) is 1. The van der Waals surface area contributed by atoms with Crippen LogP contribution >= 0.6 is 27.3 Å². The van der Waals surface area contributed by atoms with Crippen LogP contribution < -0.4 is 0 Å². The fourth-order valence-corrected chi connectivity index (χ4v) is 2.89. The molecule has 0 amide bonds. The van der Waals surface area contributed by atoms with Crippen molar-refractivity contribution in [1.29, 1.82) is 5.26 Å². The van der Waals surface area contributed by atoms with E-state index in [4.69, 9.17) is 5.11 Å². The van der Waals surface area contributed by atoms with Gasteiger partial charge in [-0.15, -0.1) is 11.3 Å². The lowest BCUT2D eigenvalue weighted by atomic mass is 10.0. The standard InChI is InChI=1S/C14H8BrNO2S/c15-13-6-5-12(19-13)7-11(8-16)9-1-3-10(4-2-9)14(17)18/h1-7H,(H,17,18). The topological polar surface area (TPSA) is 61.1 Å². The van der Waals surface area contributed by atoms with Crippen molar-refractivity contribution in [2.24, 2.45) is 0 Å². The number of rotatable bonds is 3. The first-order chi connectivity index (χ1) is 9.10. The molecule has 1 aromatic carbocycles. The van der Waals surface area contributed by atoms with Crippen LogP contribution in [-0.4, -0.2) is 11.1 Å². The molecule has 0 bridgehead atoms. The monoisotopic (exact) mass is 333 g/mol. The zero-order chi connectivity index (χ0) is 13.8. The molecule has 0 aliphatic heterocycles. The maximum absolute atomic E-state index is 10.8. The van der Waals surface area contributed by atoms with Crippen molar-refractivity contribution >= 4 is 44.9 Å². The highest BCUT2D eigenvalue weighted by Gasteiger charge is 2.05. The molecule has 0 unspecified atom stereocenters. The molecule has 1 heterocycles. The molecule has 3 nitrogen and oxygen atoms in total. The summed E-state index contributed by atoms with van der Waals surface area (Å²) in [5, 5.41) is 18.0. The van der Waals surface area contributed by atoms with Crippen LogP contribution in [-0.2, 0) is 0 Å². The number of aromatic carboxylic acids is 1. The molecule has 0 aliphatic rings. The third-order valence-electron chi connectivity index (χ3n) is 2.44. The molecular formula is C14H8BrNO2S. The summed E-state index contributed by atoms with van der Waals surface area (Å²) in [6, 6.07) is 12.2. The fourth-order valence-electron chi connectivity index (χ4n) is 1.52. The summed E-state index contributed by atoms with van der Waals surface area (Å²) in [7, 11) is 0. The van der Waals surface area contributed by atoms with Crippen LogP contribution in [0.1, 0.15) is 20.8 Å². The number of thiophene rings is 1. The molecule has 94 valence electrons. The molecule has 0 spiro atoms. The van der Waals surface area contributed by atoms with E-state index in [-0.39, 0.29) is 5.56 Å². The molecule has 0 aliphatic carbocycles. The van der Waals surface area contributed by atoms with Gasteiger partial charge in [0.05, 0.1) is 21.0 Å². The van der Waals surface area contributed by atoms with Crippen LogP contribution in [0.4, 0.5) is 0 Å². The second kappa shape index (κ2) is 5.83. The summed E-state index contributed by atoms with van der Waals surface area (Å²) >= 11 is 4.90. The number of benzene rings is 1. The molecule has 2 aromatic rings. The number of halogens is 1. The maximum Gasteiger partial charge on any atom is 0.335 e. The van der Waals surface area contributed by atoms with Gasteiger partial charge in [0.1, 0.15) is 0 Å². The van der Waals surface area contributed by atoms with Crippen molar-refractivity contribution < 1.29 is 9.90 Å². The van der Waals surface area contributed by atoms with Gasteiger partial charge in [-0.05, 0) is 51.8 Å². The lowest BCUT2D eigenvalue weighted by molar-refractivity contribution is 0.0697. The molecule has 0 saturated heterocycles. The second-order valence-corrected chi connectivity index (χ2v) is 6.19. The number of nitriles is 1. The average molecular weight is 334 g/mol. The Morgan fingerprint density at radius 1 is 1.21 bits per heavy atom. The summed E-state index contributed by atoms with van der Waals surface area (Å²) in [6.45, 7) is 0. The van der Waals surface area contributed by atoms with Crippen molar-refractivity contribution in [3.8, 4) is 6.07 Å². The van der Waals surface area contributed by atoms with Gasteiger partial charge in [-0.1, -0.05) is 12.1 Å². The molecular weight excluding hydrogens is 326 g/mol. The Hall–Kier alpha value is -1.90. The Balaban J connectivity index is 2.35. The van der Waals surface area contributed by atoms with Crippen LogP contribution in [0.5, 0.6) is 0 Å². The van der Waals surface area contributed by atoms with Gasteiger partial charge in [0.25, 0.3) is 0 Å². The summed E-state index contributed by atoms with van der Waals surface area (Å²) in [4.78, 5) is 11.7. The van der Waals surface area contributed by atoms with Crippen LogP contribution in [0.3, 0.4) is 0 Å². The smallest absolute Gasteiger partial charge is 0.335 e. The first-order valence-corrected chi connectivity index (χ1v) is 6.92. The number of hydrogen-bond donors (Lipinski definition) is 1. The van der Waals surface area contributed by atoms with E-state index >= 15 is 0 Å². The Morgan fingerprint density at radius 3 is 2.32 bits per heavy atom. The van der Waals surface area contributed by atoms with Gasteiger partial charge in [-0.25, -0.2) is 4.79 Å². The number of carboxylic acids is 1. The number of hydrogen-bond acceptors (Lipinski definition) is 3. The average Bonchev–Trinajstić information content (AvgIpc) is 2.81. The van der Waals surface area contributed by atoms with Crippen molar-refractivity contribution in [3.05, 3.63) is 56.2 Å². The molecule has 5 heteroatoms. The van der Waals surface area contributed by atoms with Crippen molar-refractivity contribution in [2.75, 3.05) is 0 Å². The van der Waals surface area contributed by atoms with Gasteiger partial charge in [0, 0.05) is 4.88 Å². The molecule has 0 fully saturated rings. The predicted octanol–water partition coefficient (Wildman–Crippen LogP) is 4.27. The maximum atomic E-state index is 10.8. The molecule has 0 radical (unpaired) electrons. The first kappa shape index (κ1) is 13.5. The summed E-state index contributed by atoms with van der Waals surface area (Å²) in [6.07, 6.45) is 1.78. The lowest BCUT2D eigenvalue weighted by Gasteiger charge is -1.99.